The van der Waals surface area contributed by atoms with Crippen LogP contribution in [0.5, 0.6) is 5.75 Å². The van der Waals surface area contributed by atoms with Crippen LogP contribution in [0.4, 0.5) is 19.1 Å². The van der Waals surface area contributed by atoms with Crippen molar-refractivity contribution in [2.24, 2.45) is 17.8 Å². The number of fused-ring (bicyclic) bond motifs is 3. The monoisotopic (exact) mass is 537 g/mol. The Labute approximate surface area is 222 Å². The number of para-hydroxylation sites is 1. The number of nitrogens with zero attached hydrogens (tertiary/aromatic N) is 5. The van der Waals surface area contributed by atoms with Gasteiger partial charge in [0.1, 0.15) is 17.4 Å². The van der Waals surface area contributed by atoms with E-state index in [9.17, 15) is 18.7 Å². The number of imidazole rings is 1. The molecule has 1 saturated carbocycles. The van der Waals surface area contributed by atoms with Crippen LogP contribution in [0.2, 0.25) is 0 Å². The van der Waals surface area contributed by atoms with E-state index in [1.807, 2.05) is 9.47 Å². The van der Waals surface area contributed by atoms with Gasteiger partial charge in [-0.1, -0.05) is 18.2 Å². The van der Waals surface area contributed by atoms with E-state index in [1.54, 1.807) is 43.6 Å². The number of aliphatic carboxylic acids is 1. The van der Waals surface area contributed by atoms with Crippen LogP contribution in [0.3, 0.4) is 0 Å². The number of carboxylic acid groups (broad SMARTS) is 1. The van der Waals surface area contributed by atoms with Crippen LogP contribution in [0.1, 0.15) is 24.2 Å². The van der Waals surface area contributed by atoms with Crippen molar-refractivity contribution in [2.75, 3.05) is 18.0 Å². The molecule has 1 saturated heterocycles. The Kier molecular flexibility index (Phi) is 6.36. The molecule has 3 heterocycles. The zero-order chi connectivity index (χ0) is 27.3. The standard InChI is InChI=1S/C28H26F3N5O3/c1-15-34-22-9-21(29)20(8-23(22)36(15)14-16-4-2-3-5-24(16)39-27(30)31)19-10-32-28(33-11-19)35-12-17-6-7-18(13-35)25(17)26(37)38/h2-5,8-11,17-18,25,27H,6-7,12-14H2,1H3,(H,37,38)/t17-,18+,25+. The van der Waals surface area contributed by atoms with Gasteiger partial charge in [-0.3, -0.25) is 4.79 Å². The summed E-state index contributed by atoms with van der Waals surface area (Å²) in [6.45, 7) is 0.201. The van der Waals surface area contributed by atoms with Gasteiger partial charge < -0.3 is 19.3 Å². The molecule has 8 nitrogen and oxygen atoms in total. The first kappa shape index (κ1) is 25.1. The summed E-state index contributed by atoms with van der Waals surface area (Å²) in [6, 6.07) is 9.55. The molecule has 0 amide bonds. The Morgan fingerprint density at radius 2 is 1.82 bits per heavy atom. The predicted molar refractivity (Wildman–Crippen MR) is 137 cm³/mol. The largest absolute Gasteiger partial charge is 0.481 e. The van der Waals surface area contributed by atoms with Crippen LogP contribution < -0.4 is 9.64 Å². The van der Waals surface area contributed by atoms with Crippen molar-refractivity contribution in [3.63, 3.8) is 0 Å². The molecule has 0 spiro atoms. The van der Waals surface area contributed by atoms with E-state index < -0.39 is 18.4 Å². The van der Waals surface area contributed by atoms with Crippen molar-refractivity contribution in [3.8, 4) is 16.9 Å². The molecule has 1 aliphatic carbocycles. The van der Waals surface area contributed by atoms with Crippen molar-refractivity contribution in [3.05, 3.63) is 66.0 Å². The second-order valence-corrected chi connectivity index (χ2v) is 10.2. The molecule has 4 aromatic rings. The minimum atomic E-state index is -2.95. The summed E-state index contributed by atoms with van der Waals surface area (Å²) in [7, 11) is 0. The zero-order valence-electron chi connectivity index (χ0n) is 21.1. The van der Waals surface area contributed by atoms with Crippen LogP contribution in [-0.2, 0) is 11.3 Å². The molecule has 0 unspecified atom stereocenters. The predicted octanol–water partition coefficient (Wildman–Crippen LogP) is 5.14. The van der Waals surface area contributed by atoms with E-state index in [1.165, 1.54) is 12.1 Å². The van der Waals surface area contributed by atoms with Gasteiger partial charge in [-0.25, -0.2) is 19.3 Å². The smallest absolute Gasteiger partial charge is 0.387 e. The van der Waals surface area contributed by atoms with Gasteiger partial charge in [0, 0.05) is 48.2 Å². The number of hydrogen-bond acceptors (Lipinski definition) is 6. The molecule has 2 aromatic carbocycles. The molecule has 3 atom stereocenters. The third kappa shape index (κ3) is 4.66. The van der Waals surface area contributed by atoms with Gasteiger partial charge in [-0.05, 0) is 43.7 Å². The molecular weight excluding hydrogens is 511 g/mol. The van der Waals surface area contributed by atoms with Gasteiger partial charge >= 0.3 is 12.6 Å². The van der Waals surface area contributed by atoms with Crippen molar-refractivity contribution < 1.29 is 27.8 Å². The van der Waals surface area contributed by atoms with E-state index in [4.69, 9.17) is 0 Å². The Bertz CT molecular complexity index is 1530. The first-order valence-corrected chi connectivity index (χ1v) is 12.8. The minimum absolute atomic E-state index is 0.0703. The van der Waals surface area contributed by atoms with Gasteiger partial charge in [-0.15, -0.1) is 0 Å². The van der Waals surface area contributed by atoms with Gasteiger partial charge in [-0.2, -0.15) is 8.78 Å². The first-order chi connectivity index (χ1) is 18.8. The fourth-order valence-electron chi connectivity index (χ4n) is 6.12. The molecule has 2 aromatic heterocycles. The SMILES string of the molecule is Cc1nc2cc(F)c(-c3cnc(N4C[C@H]5CC[C@@H](C4)[C@H]5C(=O)O)nc3)cc2n1Cc1ccccc1OC(F)F. The van der Waals surface area contributed by atoms with Gasteiger partial charge in [0.25, 0.3) is 0 Å². The second-order valence-electron chi connectivity index (χ2n) is 10.2. The molecule has 2 fully saturated rings. The highest BCUT2D eigenvalue weighted by molar-refractivity contribution is 5.83. The van der Waals surface area contributed by atoms with Crippen LogP contribution >= 0.6 is 0 Å². The summed E-state index contributed by atoms with van der Waals surface area (Å²) < 4.78 is 47.5. The molecule has 2 aliphatic rings. The maximum absolute atomic E-state index is 15.2. The topological polar surface area (TPSA) is 93.4 Å². The summed E-state index contributed by atoms with van der Waals surface area (Å²) in [5.41, 5.74) is 2.38. The fraction of sp³-hybridized carbons (Fsp3) is 0.357. The Morgan fingerprint density at radius 3 is 2.49 bits per heavy atom. The van der Waals surface area contributed by atoms with Gasteiger partial charge in [0.05, 0.1) is 23.5 Å². The van der Waals surface area contributed by atoms with Gasteiger partial charge in [0.15, 0.2) is 0 Å². The minimum Gasteiger partial charge on any atom is -0.481 e. The average Bonchev–Trinajstić information content (AvgIpc) is 3.35. The lowest BCUT2D eigenvalue weighted by Crippen LogP contribution is -2.45. The maximum atomic E-state index is 15.2. The van der Waals surface area contributed by atoms with E-state index in [-0.39, 0.29) is 35.6 Å². The van der Waals surface area contributed by atoms with Crippen LogP contribution in [0.25, 0.3) is 22.2 Å². The molecule has 11 heteroatoms. The number of carboxylic acids is 1. The Hall–Kier alpha value is -4.15. The lowest BCUT2D eigenvalue weighted by atomic mass is 9.85. The number of ether oxygens (including phenoxy) is 1. The number of halogens is 3. The van der Waals surface area contributed by atoms with Crippen LogP contribution in [0, 0.1) is 30.5 Å². The highest BCUT2D eigenvalue weighted by Gasteiger charge is 2.46. The number of rotatable bonds is 7. The van der Waals surface area contributed by atoms with Crippen molar-refractivity contribution >= 4 is 23.0 Å². The Morgan fingerprint density at radius 1 is 1.13 bits per heavy atom. The lowest BCUT2D eigenvalue weighted by Gasteiger charge is -2.35. The molecule has 2 bridgehead atoms. The Balaban J connectivity index is 1.29. The third-order valence-electron chi connectivity index (χ3n) is 7.90. The van der Waals surface area contributed by atoms with E-state index in [0.29, 0.717) is 47.0 Å². The number of benzene rings is 2. The number of aromatic nitrogens is 4. The van der Waals surface area contributed by atoms with E-state index in [2.05, 4.69) is 19.7 Å². The summed E-state index contributed by atoms with van der Waals surface area (Å²) in [5.74, 6) is -0.219. The molecular formula is C28H26F3N5O3. The second kappa shape index (κ2) is 9.87. The number of aryl methyl sites for hydroxylation is 1. The first-order valence-electron chi connectivity index (χ1n) is 12.8. The van der Waals surface area contributed by atoms with E-state index in [0.717, 1.165) is 12.8 Å². The number of alkyl halides is 2. The normalized spacial score (nSPS) is 20.6. The van der Waals surface area contributed by atoms with Crippen molar-refractivity contribution in [1.29, 1.82) is 0 Å². The van der Waals surface area contributed by atoms with Gasteiger partial charge in [0.2, 0.25) is 5.95 Å². The number of piperidine rings is 1. The van der Waals surface area contributed by atoms with Crippen molar-refractivity contribution in [2.45, 2.75) is 32.9 Å². The highest BCUT2D eigenvalue weighted by atomic mass is 19.3. The lowest BCUT2D eigenvalue weighted by molar-refractivity contribution is -0.144. The van der Waals surface area contributed by atoms with Crippen molar-refractivity contribution in [1.82, 2.24) is 19.5 Å². The third-order valence-corrected chi connectivity index (χ3v) is 7.90. The summed E-state index contributed by atoms with van der Waals surface area (Å²) >= 11 is 0. The fourth-order valence-corrected chi connectivity index (χ4v) is 6.12. The molecule has 202 valence electrons. The summed E-state index contributed by atoms with van der Waals surface area (Å²) in [4.78, 5) is 27.1. The number of hydrogen-bond donors (Lipinski definition) is 1. The number of anilines is 1. The summed E-state index contributed by atoms with van der Waals surface area (Å²) in [6.07, 6.45) is 4.90. The van der Waals surface area contributed by atoms with Crippen LogP contribution in [-0.4, -0.2) is 50.3 Å². The molecule has 39 heavy (non-hydrogen) atoms. The average molecular weight is 538 g/mol. The van der Waals surface area contributed by atoms with Crippen LogP contribution in [0.15, 0.2) is 48.8 Å². The zero-order valence-corrected chi connectivity index (χ0v) is 21.1. The van der Waals surface area contributed by atoms with E-state index >= 15 is 4.39 Å². The quantitative estimate of drug-likeness (QED) is 0.349. The maximum Gasteiger partial charge on any atom is 0.387 e. The number of carbonyl (C=O) groups is 1. The molecule has 1 aliphatic heterocycles. The molecule has 1 N–H and O–H groups in total. The highest BCUT2D eigenvalue weighted by Crippen LogP contribution is 2.43. The summed E-state index contributed by atoms with van der Waals surface area (Å²) in [5, 5.41) is 9.56. The molecule has 0 radical (unpaired) electrons. The molecule has 6 rings (SSSR count).